The van der Waals surface area contributed by atoms with Crippen LogP contribution in [-0.4, -0.2) is 28.4 Å². The lowest BCUT2D eigenvalue weighted by Gasteiger charge is -2.38. The average Bonchev–Trinajstić information content (AvgIpc) is 2.19. The van der Waals surface area contributed by atoms with E-state index >= 15 is 0 Å². The van der Waals surface area contributed by atoms with Gasteiger partial charge in [-0.15, -0.1) is 11.6 Å². The lowest BCUT2D eigenvalue weighted by Crippen LogP contribution is -2.42. The molecule has 1 aliphatic carbocycles. The summed E-state index contributed by atoms with van der Waals surface area (Å²) in [5.74, 6) is 1.05. The van der Waals surface area contributed by atoms with Crippen molar-refractivity contribution in [3.8, 4) is 0 Å². The number of nitrogens with one attached hydrogen (secondary N) is 1. The Morgan fingerprint density at radius 3 is 2.88 bits per heavy atom. The minimum Gasteiger partial charge on any atom is -0.351 e. The van der Waals surface area contributed by atoms with Crippen molar-refractivity contribution in [3.63, 3.8) is 0 Å². The molecule has 88 valence electrons. The molecule has 0 bridgehead atoms. The molecule has 4 nitrogen and oxygen atoms in total. The predicted molar refractivity (Wildman–Crippen MR) is 65.6 cm³/mol. The van der Waals surface area contributed by atoms with Crippen LogP contribution >= 0.6 is 23.2 Å². The van der Waals surface area contributed by atoms with Gasteiger partial charge in [0, 0.05) is 18.5 Å². The second-order valence-electron chi connectivity index (χ2n) is 3.84. The van der Waals surface area contributed by atoms with E-state index in [1.807, 2.05) is 4.90 Å². The van der Waals surface area contributed by atoms with Crippen LogP contribution in [0.25, 0.3) is 0 Å². The summed E-state index contributed by atoms with van der Waals surface area (Å²) >= 11 is 11.7. The molecule has 1 N–H and O–H groups in total. The molecule has 0 aromatic carbocycles. The third-order valence-corrected chi connectivity index (χ3v) is 3.40. The quantitative estimate of drug-likeness (QED) is 0.844. The number of rotatable bonds is 4. The van der Waals surface area contributed by atoms with E-state index in [0.717, 1.165) is 12.8 Å². The maximum absolute atomic E-state index is 11.4. The molecule has 0 unspecified atom stereocenters. The maximum atomic E-state index is 11.4. The third-order valence-electron chi connectivity index (χ3n) is 2.89. The summed E-state index contributed by atoms with van der Waals surface area (Å²) in [6.45, 7) is 0.669. The van der Waals surface area contributed by atoms with Crippen molar-refractivity contribution in [2.24, 2.45) is 0 Å². The number of nitrogens with zero attached hydrogens (tertiary/aromatic N) is 2. The van der Waals surface area contributed by atoms with Gasteiger partial charge in [0.2, 0.25) is 0 Å². The Morgan fingerprint density at radius 2 is 2.31 bits per heavy atom. The fourth-order valence-electron chi connectivity index (χ4n) is 1.82. The van der Waals surface area contributed by atoms with Crippen molar-refractivity contribution in [2.45, 2.75) is 25.3 Å². The minimum absolute atomic E-state index is 0.152. The van der Waals surface area contributed by atoms with E-state index in [0.29, 0.717) is 24.3 Å². The molecule has 0 spiro atoms. The summed E-state index contributed by atoms with van der Waals surface area (Å²) in [5.41, 5.74) is -0.300. The molecular formula is C10H13Cl2N3O. The Labute approximate surface area is 104 Å². The Hall–Kier alpha value is -0.740. The number of alkyl halides is 1. The van der Waals surface area contributed by atoms with Gasteiger partial charge in [-0.3, -0.25) is 4.79 Å². The second-order valence-corrected chi connectivity index (χ2v) is 4.59. The first-order valence-electron chi connectivity index (χ1n) is 5.30. The smallest absolute Gasteiger partial charge is 0.271 e. The topological polar surface area (TPSA) is 49.0 Å². The summed E-state index contributed by atoms with van der Waals surface area (Å²) in [4.78, 5) is 20.0. The molecule has 0 radical (unpaired) electrons. The first-order valence-corrected chi connectivity index (χ1v) is 6.21. The van der Waals surface area contributed by atoms with Gasteiger partial charge in [0.05, 0.1) is 6.33 Å². The summed E-state index contributed by atoms with van der Waals surface area (Å²) < 4.78 is 0. The summed E-state index contributed by atoms with van der Waals surface area (Å²) in [6.07, 6.45) is 4.82. The molecule has 1 aromatic rings. The number of halogens is 2. The largest absolute Gasteiger partial charge is 0.351 e. The van der Waals surface area contributed by atoms with Crippen LogP contribution in [0.2, 0.25) is 5.02 Å². The molecule has 2 rings (SSSR count). The zero-order chi connectivity index (χ0) is 11.5. The number of H-pyrrole nitrogens is 1. The number of hydrogen-bond acceptors (Lipinski definition) is 3. The van der Waals surface area contributed by atoms with Crippen LogP contribution in [-0.2, 0) is 0 Å². The molecule has 6 heteroatoms. The van der Waals surface area contributed by atoms with Gasteiger partial charge in [-0.25, -0.2) is 4.98 Å². The van der Waals surface area contributed by atoms with Gasteiger partial charge in [-0.05, 0) is 19.3 Å². The highest BCUT2D eigenvalue weighted by atomic mass is 35.5. The average molecular weight is 262 g/mol. The van der Waals surface area contributed by atoms with Crippen molar-refractivity contribution in [3.05, 3.63) is 21.7 Å². The van der Waals surface area contributed by atoms with E-state index in [1.54, 1.807) is 0 Å². The van der Waals surface area contributed by atoms with Crippen molar-refractivity contribution in [1.29, 1.82) is 0 Å². The van der Waals surface area contributed by atoms with E-state index in [2.05, 4.69) is 9.97 Å². The molecule has 0 aliphatic heterocycles. The number of aromatic nitrogens is 2. The molecule has 1 heterocycles. The monoisotopic (exact) mass is 261 g/mol. The first kappa shape index (κ1) is 11.7. The molecule has 1 aliphatic rings. The Morgan fingerprint density at radius 1 is 1.56 bits per heavy atom. The molecule has 1 fully saturated rings. The highest BCUT2D eigenvalue weighted by Gasteiger charge is 2.27. The fourth-order valence-corrected chi connectivity index (χ4v) is 2.22. The Bertz CT molecular complexity index is 417. The van der Waals surface area contributed by atoms with E-state index in [-0.39, 0.29) is 10.6 Å². The molecule has 1 saturated carbocycles. The molecular weight excluding hydrogens is 249 g/mol. The van der Waals surface area contributed by atoms with Gasteiger partial charge in [0.15, 0.2) is 5.82 Å². The van der Waals surface area contributed by atoms with E-state index in [4.69, 9.17) is 23.2 Å². The zero-order valence-corrected chi connectivity index (χ0v) is 10.3. The van der Waals surface area contributed by atoms with Crippen molar-refractivity contribution < 1.29 is 0 Å². The Kier molecular flexibility index (Phi) is 3.71. The van der Waals surface area contributed by atoms with Gasteiger partial charge in [-0.2, -0.15) is 0 Å². The third kappa shape index (κ3) is 2.18. The zero-order valence-electron chi connectivity index (χ0n) is 8.75. The van der Waals surface area contributed by atoms with Crippen LogP contribution in [0.1, 0.15) is 19.3 Å². The van der Waals surface area contributed by atoms with Crippen LogP contribution in [0.5, 0.6) is 0 Å². The molecule has 0 atom stereocenters. The number of hydrogen-bond donors (Lipinski definition) is 1. The molecule has 1 aromatic heterocycles. The van der Waals surface area contributed by atoms with Gasteiger partial charge < -0.3 is 9.88 Å². The lowest BCUT2D eigenvalue weighted by atomic mass is 9.91. The standard InChI is InChI=1S/C10H13Cl2N3O/c11-4-5-15(7-2-1-3-7)9-8(12)10(16)14-6-13-9/h6-7H,1-5H2,(H,13,14,16). The summed E-state index contributed by atoms with van der Waals surface area (Å²) in [6, 6.07) is 0.422. The van der Waals surface area contributed by atoms with Crippen LogP contribution in [0, 0.1) is 0 Å². The van der Waals surface area contributed by atoms with Crippen LogP contribution in [0.15, 0.2) is 11.1 Å². The van der Waals surface area contributed by atoms with Crippen LogP contribution in [0.3, 0.4) is 0 Å². The number of aromatic amines is 1. The van der Waals surface area contributed by atoms with Crippen LogP contribution < -0.4 is 10.5 Å². The van der Waals surface area contributed by atoms with Gasteiger partial charge >= 0.3 is 0 Å². The van der Waals surface area contributed by atoms with Crippen molar-refractivity contribution in [2.75, 3.05) is 17.3 Å². The minimum atomic E-state index is -0.300. The van der Waals surface area contributed by atoms with Gasteiger partial charge in [0.25, 0.3) is 5.56 Å². The Balaban J connectivity index is 2.30. The van der Waals surface area contributed by atoms with Gasteiger partial charge in [-0.1, -0.05) is 11.6 Å². The summed E-state index contributed by atoms with van der Waals surface area (Å²) in [7, 11) is 0. The van der Waals surface area contributed by atoms with Gasteiger partial charge in [0.1, 0.15) is 5.02 Å². The molecule has 0 amide bonds. The van der Waals surface area contributed by atoms with Crippen molar-refractivity contribution in [1.82, 2.24) is 9.97 Å². The molecule has 16 heavy (non-hydrogen) atoms. The molecule has 0 saturated heterocycles. The maximum Gasteiger partial charge on any atom is 0.271 e. The highest BCUT2D eigenvalue weighted by molar-refractivity contribution is 6.32. The number of anilines is 1. The first-order chi connectivity index (χ1) is 7.74. The lowest BCUT2D eigenvalue weighted by molar-refractivity contribution is 0.388. The van der Waals surface area contributed by atoms with Crippen molar-refractivity contribution >= 4 is 29.0 Å². The van der Waals surface area contributed by atoms with Crippen LogP contribution in [0.4, 0.5) is 5.82 Å². The second kappa shape index (κ2) is 5.06. The SMILES string of the molecule is O=c1[nH]cnc(N(CCCl)C2CCC2)c1Cl. The highest BCUT2D eigenvalue weighted by Crippen LogP contribution is 2.30. The predicted octanol–water partition coefficient (Wildman–Crippen LogP) is 2.02. The van der Waals surface area contributed by atoms with E-state index < -0.39 is 0 Å². The fraction of sp³-hybridized carbons (Fsp3) is 0.600. The summed E-state index contributed by atoms with van der Waals surface area (Å²) in [5, 5.41) is 0.152. The van der Waals surface area contributed by atoms with E-state index in [9.17, 15) is 4.79 Å². The van der Waals surface area contributed by atoms with E-state index in [1.165, 1.54) is 12.7 Å². The normalized spacial score (nSPS) is 15.9.